The van der Waals surface area contributed by atoms with Gasteiger partial charge in [-0.25, -0.2) is 4.39 Å². The highest BCUT2D eigenvalue weighted by atomic mass is 19.1. The molecule has 4 heterocycles. The summed E-state index contributed by atoms with van der Waals surface area (Å²) in [6.45, 7) is 5.80. The molecule has 3 aliphatic rings. The molecular weight excluding hydrogens is 575 g/mol. The van der Waals surface area contributed by atoms with Crippen LogP contribution >= 0.6 is 0 Å². The molecule has 1 aromatic heterocycles. The number of hydrogen-bond acceptors (Lipinski definition) is 8. The minimum atomic E-state index is -0.765. The van der Waals surface area contributed by atoms with E-state index in [0.29, 0.717) is 49.3 Å². The Hall–Kier alpha value is -4.19. The number of fused-ring (bicyclic) bond motifs is 3. The third-order valence-electron chi connectivity index (χ3n) is 9.41. The van der Waals surface area contributed by atoms with Gasteiger partial charge < -0.3 is 35.3 Å². The first-order valence-corrected chi connectivity index (χ1v) is 15.8. The zero-order valence-corrected chi connectivity index (χ0v) is 25.5. The predicted octanol–water partition coefficient (Wildman–Crippen LogP) is 4.32. The quantitative estimate of drug-likeness (QED) is 0.166. The molecule has 0 aliphatic carbocycles. The SMILES string of the molecule is CN1CCCC1CCNC(=O)c1cn2c3c(c(N)c(F)c(NCCCN4CCOCC4)c3c1=O)Oc1cc3ccccc3cc1-2. The van der Waals surface area contributed by atoms with Gasteiger partial charge in [0, 0.05) is 38.4 Å². The number of hydrogen-bond donors (Lipinski definition) is 3. The van der Waals surface area contributed by atoms with Gasteiger partial charge in [0.05, 0.1) is 30.0 Å². The number of carbonyl (C=O) groups is 1. The summed E-state index contributed by atoms with van der Waals surface area (Å²) in [7, 11) is 2.09. The van der Waals surface area contributed by atoms with Gasteiger partial charge in [-0.2, -0.15) is 0 Å². The van der Waals surface area contributed by atoms with E-state index in [0.717, 1.165) is 62.6 Å². The van der Waals surface area contributed by atoms with Crippen LogP contribution in [-0.2, 0) is 4.74 Å². The lowest BCUT2D eigenvalue weighted by Crippen LogP contribution is -2.37. The fraction of sp³-hybridized carbons (Fsp3) is 0.412. The van der Waals surface area contributed by atoms with Gasteiger partial charge in [0.2, 0.25) is 5.43 Å². The molecule has 3 aromatic carbocycles. The number of nitrogen functional groups attached to an aromatic ring is 1. The van der Waals surface area contributed by atoms with Gasteiger partial charge in [0.15, 0.2) is 17.3 Å². The van der Waals surface area contributed by atoms with Gasteiger partial charge in [-0.15, -0.1) is 0 Å². The van der Waals surface area contributed by atoms with Crippen molar-refractivity contribution in [1.29, 1.82) is 0 Å². The number of amides is 1. The van der Waals surface area contributed by atoms with E-state index in [4.69, 9.17) is 15.2 Å². The summed E-state index contributed by atoms with van der Waals surface area (Å²) < 4.78 is 29.6. The number of nitrogens with one attached hydrogen (secondary N) is 2. The minimum Gasteiger partial charge on any atom is -0.451 e. The molecule has 0 bridgehead atoms. The van der Waals surface area contributed by atoms with Crippen LogP contribution in [0.3, 0.4) is 0 Å². The molecule has 236 valence electrons. The van der Waals surface area contributed by atoms with Crippen molar-refractivity contribution < 1.29 is 18.7 Å². The number of ether oxygens (including phenoxy) is 2. The van der Waals surface area contributed by atoms with Gasteiger partial charge in [-0.05, 0) is 68.7 Å². The largest absolute Gasteiger partial charge is 0.451 e. The molecule has 11 heteroatoms. The van der Waals surface area contributed by atoms with Crippen LogP contribution in [0.4, 0.5) is 15.8 Å². The van der Waals surface area contributed by atoms with Crippen molar-refractivity contribution in [1.82, 2.24) is 19.7 Å². The van der Waals surface area contributed by atoms with Crippen molar-refractivity contribution in [3.05, 3.63) is 64.2 Å². The number of morpholine rings is 1. The maximum Gasteiger partial charge on any atom is 0.256 e. The number of pyridine rings is 1. The molecular formula is C34H39FN6O4. The van der Waals surface area contributed by atoms with Crippen LogP contribution in [0.25, 0.3) is 27.4 Å². The summed E-state index contributed by atoms with van der Waals surface area (Å²) in [5.74, 6) is -0.729. The van der Waals surface area contributed by atoms with E-state index >= 15 is 4.39 Å². The minimum absolute atomic E-state index is 0.0120. The van der Waals surface area contributed by atoms with E-state index in [1.54, 1.807) is 10.8 Å². The topological polar surface area (TPSA) is 114 Å². The molecule has 1 unspecified atom stereocenters. The Morgan fingerprint density at radius 1 is 1.11 bits per heavy atom. The van der Waals surface area contributed by atoms with Crippen molar-refractivity contribution in [3.63, 3.8) is 0 Å². The molecule has 0 saturated carbocycles. The van der Waals surface area contributed by atoms with Gasteiger partial charge in [0.25, 0.3) is 5.91 Å². The van der Waals surface area contributed by atoms with Crippen LogP contribution in [-0.4, -0.2) is 85.8 Å². The molecule has 7 rings (SSSR count). The van der Waals surface area contributed by atoms with E-state index in [1.807, 2.05) is 36.4 Å². The van der Waals surface area contributed by atoms with Crippen molar-refractivity contribution in [2.75, 3.05) is 70.6 Å². The van der Waals surface area contributed by atoms with E-state index < -0.39 is 17.2 Å². The summed E-state index contributed by atoms with van der Waals surface area (Å²) in [5, 5.41) is 8.06. The summed E-state index contributed by atoms with van der Waals surface area (Å²) in [4.78, 5) is 32.4. The second-order valence-electron chi connectivity index (χ2n) is 12.2. The number of nitrogens with two attached hydrogens (primary N) is 1. The third kappa shape index (κ3) is 5.49. The molecule has 0 radical (unpaired) electrons. The fourth-order valence-corrected chi connectivity index (χ4v) is 6.88. The molecule has 45 heavy (non-hydrogen) atoms. The smallest absolute Gasteiger partial charge is 0.256 e. The van der Waals surface area contributed by atoms with E-state index in [9.17, 15) is 9.59 Å². The van der Waals surface area contributed by atoms with Gasteiger partial charge >= 0.3 is 0 Å². The molecule has 10 nitrogen and oxygen atoms in total. The van der Waals surface area contributed by atoms with Crippen molar-refractivity contribution in [2.24, 2.45) is 0 Å². The number of aromatic nitrogens is 1. The molecule has 4 N–H and O–H groups in total. The standard InChI is InChI=1S/C34H39FN6O4/c1-39-12-4-8-23(39)9-11-38-34(43)24-20-41-25-18-21-6-2-3-7-22(21)19-26(25)45-33-29(36)28(35)30(27(31(33)41)32(24)42)37-10-5-13-40-14-16-44-17-15-40/h2-3,6-7,18-20,23,37H,4-5,8-17,36H2,1H3,(H,38,43). The molecule has 2 fully saturated rings. The highest BCUT2D eigenvalue weighted by Crippen LogP contribution is 2.47. The third-order valence-corrected chi connectivity index (χ3v) is 9.41. The zero-order valence-electron chi connectivity index (χ0n) is 25.5. The second-order valence-corrected chi connectivity index (χ2v) is 12.2. The molecule has 3 aliphatic heterocycles. The first-order valence-electron chi connectivity index (χ1n) is 15.8. The average Bonchev–Trinajstić information content (AvgIpc) is 3.47. The molecule has 4 aromatic rings. The Morgan fingerprint density at radius 3 is 2.64 bits per heavy atom. The Bertz CT molecular complexity index is 1840. The van der Waals surface area contributed by atoms with E-state index in [-0.39, 0.29) is 28.1 Å². The van der Waals surface area contributed by atoms with Crippen LogP contribution in [0.5, 0.6) is 11.5 Å². The number of carbonyl (C=O) groups excluding carboxylic acids is 1. The predicted molar refractivity (Wildman–Crippen MR) is 174 cm³/mol. The van der Waals surface area contributed by atoms with Crippen molar-refractivity contribution >= 4 is 39.0 Å². The lowest BCUT2D eigenvalue weighted by Gasteiger charge is -2.28. The number of likely N-dealkylation sites (tertiary alicyclic amines) is 1. The van der Waals surface area contributed by atoms with E-state index in [2.05, 4.69) is 27.5 Å². The van der Waals surface area contributed by atoms with Gasteiger partial charge in [-0.1, -0.05) is 24.3 Å². The fourth-order valence-electron chi connectivity index (χ4n) is 6.88. The van der Waals surface area contributed by atoms with Crippen LogP contribution in [0, 0.1) is 5.82 Å². The molecule has 1 atom stereocenters. The second kappa shape index (κ2) is 12.3. The summed E-state index contributed by atoms with van der Waals surface area (Å²) in [6.07, 6.45) is 5.28. The maximum atomic E-state index is 16.1. The maximum absolute atomic E-state index is 16.1. The number of rotatable bonds is 9. The summed E-state index contributed by atoms with van der Waals surface area (Å²) in [5.41, 5.74) is 6.52. The van der Waals surface area contributed by atoms with E-state index in [1.165, 1.54) is 0 Å². The monoisotopic (exact) mass is 614 g/mol. The van der Waals surface area contributed by atoms with Crippen molar-refractivity contribution in [3.8, 4) is 17.2 Å². The first-order chi connectivity index (χ1) is 21.9. The normalized spacial score (nSPS) is 18.2. The zero-order chi connectivity index (χ0) is 31.1. The molecule has 2 saturated heterocycles. The summed E-state index contributed by atoms with van der Waals surface area (Å²) in [6, 6.07) is 12.0. The Balaban J connectivity index is 1.30. The van der Waals surface area contributed by atoms with Gasteiger partial charge in [0.1, 0.15) is 16.8 Å². The number of halogens is 1. The number of nitrogens with zero attached hydrogens (tertiary/aromatic N) is 3. The molecule has 1 amide bonds. The Morgan fingerprint density at radius 2 is 1.89 bits per heavy atom. The number of benzene rings is 3. The highest BCUT2D eigenvalue weighted by molar-refractivity contribution is 6.06. The van der Waals surface area contributed by atoms with Crippen molar-refractivity contribution in [2.45, 2.75) is 31.7 Å². The van der Waals surface area contributed by atoms with Crippen LogP contribution in [0.15, 0.2) is 47.4 Å². The lowest BCUT2D eigenvalue weighted by molar-refractivity contribution is 0.0378. The Labute approximate surface area is 260 Å². The first kappa shape index (κ1) is 29.5. The highest BCUT2D eigenvalue weighted by Gasteiger charge is 2.31. The Kier molecular flexibility index (Phi) is 8.07. The summed E-state index contributed by atoms with van der Waals surface area (Å²) >= 11 is 0. The molecule has 0 spiro atoms. The average molecular weight is 615 g/mol. The number of anilines is 2. The lowest BCUT2D eigenvalue weighted by atomic mass is 10.0. The van der Waals surface area contributed by atoms with Gasteiger partial charge in [-0.3, -0.25) is 14.5 Å². The van der Waals surface area contributed by atoms with Crippen LogP contribution < -0.4 is 26.5 Å². The van der Waals surface area contributed by atoms with Crippen LogP contribution in [0.1, 0.15) is 36.0 Å². The van der Waals surface area contributed by atoms with Crippen LogP contribution in [0.2, 0.25) is 0 Å².